The summed E-state index contributed by atoms with van der Waals surface area (Å²) in [6, 6.07) is 0. The molecule has 0 amide bonds. The normalized spacial score (nSPS) is 11.5. The minimum Gasteiger partial charge on any atom is -0.388 e. The van der Waals surface area contributed by atoms with Crippen LogP contribution in [-0.4, -0.2) is 41.5 Å². The first-order valence-electron chi connectivity index (χ1n) is 7.36. The van der Waals surface area contributed by atoms with E-state index in [0.717, 1.165) is 19.4 Å². The van der Waals surface area contributed by atoms with Crippen molar-refractivity contribution in [3.05, 3.63) is 22.3 Å². The monoisotopic (exact) mass is 326 g/mol. The summed E-state index contributed by atoms with van der Waals surface area (Å²) in [5, 5.41) is 17.6. The Bertz CT molecular complexity index is 662. The van der Waals surface area contributed by atoms with E-state index < -0.39 is 0 Å². The van der Waals surface area contributed by atoms with Gasteiger partial charge >= 0.3 is 0 Å². The second kappa shape index (κ2) is 7.61. The summed E-state index contributed by atoms with van der Waals surface area (Å²) in [4.78, 5) is 6.26. The van der Waals surface area contributed by atoms with Crippen LogP contribution < -0.4 is 0 Å². The Hall–Kier alpha value is -1.58. The van der Waals surface area contributed by atoms with E-state index >= 15 is 0 Å². The van der Waals surface area contributed by atoms with E-state index in [1.54, 1.807) is 4.68 Å². The Morgan fingerprint density at radius 3 is 2.73 bits per heavy atom. The van der Waals surface area contributed by atoms with E-state index in [1.807, 2.05) is 23.4 Å². The van der Waals surface area contributed by atoms with Gasteiger partial charge in [0.2, 0.25) is 5.89 Å². The predicted molar refractivity (Wildman–Crippen MR) is 82.4 cm³/mol. The number of aliphatic hydroxyl groups excluding tert-OH is 1. The fourth-order valence-electron chi connectivity index (χ4n) is 2.15. The number of aryl methyl sites for hydroxylation is 1. The van der Waals surface area contributed by atoms with Crippen LogP contribution in [0.15, 0.2) is 4.52 Å². The molecule has 0 aliphatic rings. The maximum absolute atomic E-state index is 9.39. The Labute approximate surface area is 134 Å². The molecule has 0 bridgehead atoms. The quantitative estimate of drug-likeness (QED) is 0.733. The molecule has 0 atom stereocenters. The summed E-state index contributed by atoms with van der Waals surface area (Å²) in [7, 11) is 1.93. The summed E-state index contributed by atoms with van der Waals surface area (Å²) in [6.45, 7) is 5.68. The highest BCUT2D eigenvalue weighted by Crippen LogP contribution is 2.07. The number of nitrogens with zero attached hydrogens (tertiary/aromatic N) is 6. The Balaban J connectivity index is 2.07. The Morgan fingerprint density at radius 2 is 2.14 bits per heavy atom. The van der Waals surface area contributed by atoms with Gasteiger partial charge in [-0.25, -0.2) is 4.68 Å². The molecule has 2 aromatic heterocycles. The van der Waals surface area contributed by atoms with Crippen molar-refractivity contribution in [3.8, 4) is 0 Å². The van der Waals surface area contributed by atoms with Gasteiger partial charge in [0, 0.05) is 13.0 Å². The molecular formula is C13H22N6O2S. The second-order valence-corrected chi connectivity index (χ2v) is 5.49. The average molecular weight is 326 g/mol. The largest absolute Gasteiger partial charge is 0.388 e. The second-order valence-electron chi connectivity index (χ2n) is 5.12. The van der Waals surface area contributed by atoms with Crippen LogP contribution in [0.3, 0.4) is 0 Å². The number of aliphatic hydroxyl groups is 1. The summed E-state index contributed by atoms with van der Waals surface area (Å²) in [6.07, 6.45) is 1.68. The summed E-state index contributed by atoms with van der Waals surface area (Å²) in [5.41, 5.74) is 0. The lowest BCUT2D eigenvalue weighted by molar-refractivity contribution is 0.209. The van der Waals surface area contributed by atoms with E-state index in [1.165, 1.54) is 0 Å². The first-order valence-corrected chi connectivity index (χ1v) is 7.77. The zero-order valence-corrected chi connectivity index (χ0v) is 14.0. The van der Waals surface area contributed by atoms with Gasteiger partial charge in [0.25, 0.3) is 0 Å². The zero-order valence-electron chi connectivity index (χ0n) is 13.2. The van der Waals surface area contributed by atoms with E-state index in [4.69, 9.17) is 16.7 Å². The summed E-state index contributed by atoms with van der Waals surface area (Å²) >= 11 is 5.42. The van der Waals surface area contributed by atoms with Crippen molar-refractivity contribution in [2.75, 3.05) is 7.05 Å². The third kappa shape index (κ3) is 3.79. The van der Waals surface area contributed by atoms with Crippen molar-refractivity contribution in [3.63, 3.8) is 0 Å². The van der Waals surface area contributed by atoms with Crippen LogP contribution >= 0.6 is 12.2 Å². The highest BCUT2D eigenvalue weighted by atomic mass is 32.1. The molecule has 0 radical (unpaired) electrons. The third-order valence-corrected chi connectivity index (χ3v) is 3.63. The molecule has 0 aliphatic carbocycles. The molecule has 2 rings (SSSR count). The van der Waals surface area contributed by atoms with Gasteiger partial charge in [0.05, 0.1) is 13.2 Å². The van der Waals surface area contributed by atoms with Gasteiger partial charge in [-0.05, 0) is 25.7 Å². The van der Waals surface area contributed by atoms with Gasteiger partial charge in [0.15, 0.2) is 16.4 Å². The van der Waals surface area contributed by atoms with Crippen molar-refractivity contribution in [1.82, 2.24) is 29.4 Å². The zero-order chi connectivity index (χ0) is 16.1. The Kier molecular flexibility index (Phi) is 5.81. The number of hydrogen-bond donors (Lipinski definition) is 1. The highest BCUT2D eigenvalue weighted by molar-refractivity contribution is 7.71. The minimum absolute atomic E-state index is 0.121. The first-order chi connectivity index (χ1) is 10.6. The molecule has 2 aromatic rings. The van der Waals surface area contributed by atoms with Crippen molar-refractivity contribution in [1.29, 1.82) is 0 Å². The summed E-state index contributed by atoms with van der Waals surface area (Å²) in [5.74, 6) is 1.86. The molecule has 22 heavy (non-hydrogen) atoms. The van der Waals surface area contributed by atoms with Crippen molar-refractivity contribution < 1.29 is 9.63 Å². The van der Waals surface area contributed by atoms with Crippen LogP contribution in [0.4, 0.5) is 0 Å². The number of hydrogen-bond acceptors (Lipinski definition) is 7. The van der Waals surface area contributed by atoms with Crippen LogP contribution in [-0.2, 0) is 32.8 Å². The predicted octanol–water partition coefficient (Wildman–Crippen LogP) is 1.35. The van der Waals surface area contributed by atoms with Gasteiger partial charge < -0.3 is 14.2 Å². The van der Waals surface area contributed by atoms with Crippen molar-refractivity contribution in [2.45, 2.75) is 53.1 Å². The Morgan fingerprint density at radius 1 is 1.36 bits per heavy atom. The third-order valence-electron chi connectivity index (χ3n) is 3.19. The molecule has 0 fully saturated rings. The summed E-state index contributed by atoms with van der Waals surface area (Å²) < 4.78 is 9.36. The molecule has 0 spiro atoms. The van der Waals surface area contributed by atoms with Crippen LogP contribution in [0.2, 0.25) is 0 Å². The van der Waals surface area contributed by atoms with Crippen molar-refractivity contribution in [2.24, 2.45) is 0 Å². The van der Waals surface area contributed by atoms with Crippen LogP contribution in [0.5, 0.6) is 0 Å². The first kappa shape index (κ1) is 16.8. The van der Waals surface area contributed by atoms with Crippen molar-refractivity contribution >= 4 is 12.2 Å². The minimum atomic E-state index is -0.121. The van der Waals surface area contributed by atoms with Gasteiger partial charge in [-0.3, -0.25) is 4.90 Å². The topological polar surface area (TPSA) is 85.1 Å². The number of aromatic nitrogens is 5. The molecule has 0 unspecified atom stereocenters. The molecule has 9 heteroatoms. The van der Waals surface area contributed by atoms with E-state index in [0.29, 0.717) is 35.5 Å². The lowest BCUT2D eigenvalue weighted by Gasteiger charge is -2.13. The van der Waals surface area contributed by atoms with E-state index in [-0.39, 0.29) is 6.61 Å². The standard InChI is InChI=1S/C13H22N6O2S/c1-4-6-18-11(8-20)15-19(13(18)22)9-17(3)7-12-14-10(5-2)16-21-12/h20H,4-9H2,1-3H3. The molecule has 122 valence electrons. The molecular weight excluding hydrogens is 304 g/mol. The molecule has 8 nitrogen and oxygen atoms in total. The molecule has 0 aromatic carbocycles. The van der Waals surface area contributed by atoms with E-state index in [2.05, 4.69) is 22.2 Å². The highest BCUT2D eigenvalue weighted by Gasteiger charge is 2.13. The fourth-order valence-corrected chi connectivity index (χ4v) is 2.45. The van der Waals surface area contributed by atoms with Gasteiger partial charge in [-0.2, -0.15) is 10.1 Å². The molecule has 0 saturated heterocycles. The van der Waals surface area contributed by atoms with Crippen LogP contribution in [0.25, 0.3) is 0 Å². The van der Waals surface area contributed by atoms with Gasteiger partial charge in [0.1, 0.15) is 6.61 Å². The lowest BCUT2D eigenvalue weighted by atomic mass is 10.4. The van der Waals surface area contributed by atoms with Gasteiger partial charge in [-0.1, -0.05) is 19.0 Å². The smallest absolute Gasteiger partial charge is 0.240 e. The van der Waals surface area contributed by atoms with Gasteiger partial charge in [-0.15, -0.1) is 0 Å². The fraction of sp³-hybridized carbons (Fsp3) is 0.692. The average Bonchev–Trinajstić information content (AvgIpc) is 3.06. The van der Waals surface area contributed by atoms with Crippen LogP contribution in [0.1, 0.15) is 37.8 Å². The molecule has 2 heterocycles. The molecule has 1 N–H and O–H groups in total. The van der Waals surface area contributed by atoms with E-state index in [9.17, 15) is 5.11 Å². The maximum Gasteiger partial charge on any atom is 0.240 e. The van der Waals surface area contributed by atoms with Crippen LogP contribution in [0, 0.1) is 4.77 Å². The SMILES string of the molecule is CCCn1c(CO)nn(CN(C)Cc2nc(CC)no2)c1=S. The maximum atomic E-state index is 9.39. The number of rotatable bonds is 8. The lowest BCUT2D eigenvalue weighted by Crippen LogP contribution is -2.23. The molecule has 0 aliphatic heterocycles. The molecule has 0 saturated carbocycles.